The first-order valence-corrected chi connectivity index (χ1v) is 18.9. The zero-order valence-corrected chi connectivity index (χ0v) is 31.2. The molecule has 0 aliphatic carbocycles. The number of para-hydroxylation sites is 2. The van der Waals surface area contributed by atoms with Gasteiger partial charge >= 0.3 is 0 Å². The third kappa shape index (κ3) is 6.42. The molecule has 0 atom stereocenters. The van der Waals surface area contributed by atoms with Crippen LogP contribution in [0.15, 0.2) is 158 Å². The van der Waals surface area contributed by atoms with Crippen LogP contribution in [0.25, 0.3) is 70.1 Å². The Morgan fingerprint density at radius 2 is 1.22 bits per heavy atom. The van der Waals surface area contributed by atoms with Gasteiger partial charge in [0.1, 0.15) is 11.5 Å². The average molecular weight is 684 g/mol. The molecule has 8 aromatic rings. The Morgan fingerprint density at radius 1 is 0.549 bits per heavy atom. The summed E-state index contributed by atoms with van der Waals surface area (Å²) >= 11 is 1.89. The number of rotatable bonds is 3. The highest BCUT2D eigenvalue weighted by Crippen LogP contribution is 2.44. The van der Waals surface area contributed by atoms with E-state index in [-0.39, 0.29) is 0 Å². The van der Waals surface area contributed by atoms with Crippen molar-refractivity contribution in [1.82, 2.24) is 4.57 Å². The highest BCUT2D eigenvalue weighted by molar-refractivity contribution is 7.26. The molecule has 0 spiro atoms. The molecule has 2 nitrogen and oxygen atoms in total. The number of aromatic nitrogens is 1. The number of fused-ring (bicyclic) bond motifs is 8. The minimum Gasteiger partial charge on any atom is -0.455 e. The highest BCUT2D eigenvalue weighted by Gasteiger charge is 2.19. The van der Waals surface area contributed by atoms with Crippen LogP contribution in [0.2, 0.25) is 0 Å². The van der Waals surface area contributed by atoms with Gasteiger partial charge in [-0.15, -0.1) is 11.3 Å². The maximum Gasteiger partial charge on any atom is 0.143 e. The molecule has 0 radical (unpaired) electrons. The van der Waals surface area contributed by atoms with Crippen LogP contribution in [-0.2, 0) is 0 Å². The van der Waals surface area contributed by atoms with E-state index >= 15 is 0 Å². The third-order valence-electron chi connectivity index (χ3n) is 8.79. The Hall–Kier alpha value is -5.64. The van der Waals surface area contributed by atoms with Gasteiger partial charge in [0, 0.05) is 53.3 Å². The van der Waals surface area contributed by atoms with Crippen LogP contribution in [0.1, 0.15) is 52.7 Å². The quantitative estimate of drug-likeness (QED) is 0.181. The van der Waals surface area contributed by atoms with Crippen molar-refractivity contribution in [3.8, 4) is 22.6 Å². The van der Waals surface area contributed by atoms with Gasteiger partial charge in [-0.2, -0.15) is 0 Å². The molecule has 0 saturated carbocycles. The van der Waals surface area contributed by atoms with E-state index in [0.717, 1.165) is 45.0 Å². The molecule has 1 aliphatic heterocycles. The van der Waals surface area contributed by atoms with E-state index in [1.807, 2.05) is 89.3 Å². The van der Waals surface area contributed by atoms with E-state index in [9.17, 15) is 0 Å². The van der Waals surface area contributed by atoms with Crippen LogP contribution in [-0.4, -0.2) is 4.57 Å². The fourth-order valence-corrected chi connectivity index (χ4v) is 7.93. The number of hydrogen-bond acceptors (Lipinski definition) is 2. The number of nitrogens with zero attached hydrogens (tertiary/aromatic N) is 1. The minimum atomic E-state index is 0.808. The van der Waals surface area contributed by atoms with Gasteiger partial charge in [0.2, 0.25) is 0 Å². The van der Waals surface area contributed by atoms with Crippen molar-refractivity contribution in [3.05, 3.63) is 169 Å². The number of thiophene rings is 1. The summed E-state index contributed by atoms with van der Waals surface area (Å²) in [5.74, 6) is 1.63. The van der Waals surface area contributed by atoms with Crippen molar-refractivity contribution in [2.75, 3.05) is 0 Å². The molecule has 3 heteroatoms. The van der Waals surface area contributed by atoms with Crippen molar-refractivity contribution in [2.45, 2.75) is 41.5 Å². The van der Waals surface area contributed by atoms with Crippen LogP contribution >= 0.6 is 11.3 Å². The number of allylic oxidation sites excluding steroid dienone is 4. The van der Waals surface area contributed by atoms with Crippen molar-refractivity contribution < 1.29 is 4.74 Å². The molecule has 2 aromatic heterocycles. The summed E-state index contributed by atoms with van der Waals surface area (Å²) in [5.41, 5.74) is 8.62. The second-order valence-corrected chi connectivity index (χ2v) is 12.5. The lowest BCUT2D eigenvalue weighted by molar-refractivity contribution is 0.515. The van der Waals surface area contributed by atoms with E-state index < -0.39 is 0 Å². The van der Waals surface area contributed by atoms with Gasteiger partial charge in [-0.3, -0.25) is 0 Å². The lowest BCUT2D eigenvalue weighted by Gasteiger charge is -2.20. The first-order chi connectivity index (χ1) is 25.2. The molecule has 1 aliphatic rings. The highest BCUT2D eigenvalue weighted by atomic mass is 32.1. The molecule has 0 fully saturated rings. The zero-order valence-electron chi connectivity index (χ0n) is 30.4. The monoisotopic (exact) mass is 683 g/mol. The predicted octanol–water partition coefficient (Wildman–Crippen LogP) is 14.9. The van der Waals surface area contributed by atoms with E-state index in [4.69, 9.17) is 4.74 Å². The normalized spacial score (nSPS) is 13.6. The van der Waals surface area contributed by atoms with Gasteiger partial charge in [-0.25, -0.2) is 0 Å². The Balaban J connectivity index is 0.000000712. The predicted molar refractivity (Wildman–Crippen MR) is 226 cm³/mol. The van der Waals surface area contributed by atoms with Crippen LogP contribution in [0.3, 0.4) is 0 Å². The summed E-state index contributed by atoms with van der Waals surface area (Å²) in [6, 6.07) is 47.5. The van der Waals surface area contributed by atoms with Crippen LogP contribution in [0, 0.1) is 0 Å². The maximum absolute atomic E-state index is 6.71. The standard InChI is InChI=1S/C42H27NOS.3C2H6/c1-27-11-9-19-38(29-12-3-2-4-13-29)44-41-31(27)16-10-17-32(41)28-21-23-30(24-22-28)43-36-18-7-5-15-35(36)40-37(43)26-25-34-33-14-6-8-20-39(33)45-42(34)40;3*1-2/h2-26H,1H2;3*1-2H3/b11-9-,38-19-;;;. The van der Waals surface area contributed by atoms with Gasteiger partial charge in [0.25, 0.3) is 0 Å². The Kier molecular flexibility index (Phi) is 11.0. The lowest BCUT2D eigenvalue weighted by atomic mass is 9.96. The van der Waals surface area contributed by atoms with E-state index in [0.29, 0.717) is 0 Å². The summed E-state index contributed by atoms with van der Waals surface area (Å²) in [5, 5.41) is 5.24. The Labute approximate surface area is 306 Å². The number of benzene rings is 6. The summed E-state index contributed by atoms with van der Waals surface area (Å²) < 4.78 is 11.8. The largest absolute Gasteiger partial charge is 0.455 e. The summed E-state index contributed by atoms with van der Waals surface area (Å²) in [7, 11) is 0. The maximum atomic E-state index is 6.71. The molecular formula is C48H45NOS. The van der Waals surface area contributed by atoms with E-state index in [1.54, 1.807) is 0 Å². The summed E-state index contributed by atoms with van der Waals surface area (Å²) in [4.78, 5) is 0. The molecule has 0 amide bonds. The van der Waals surface area contributed by atoms with Gasteiger partial charge in [0.15, 0.2) is 0 Å². The molecular weight excluding hydrogens is 639 g/mol. The fraction of sp³-hybridized carbons (Fsp3) is 0.125. The van der Waals surface area contributed by atoms with Crippen LogP contribution < -0.4 is 4.74 Å². The first kappa shape index (κ1) is 35.2. The number of hydrogen-bond donors (Lipinski definition) is 0. The topological polar surface area (TPSA) is 14.2 Å². The summed E-state index contributed by atoms with van der Waals surface area (Å²) in [6.07, 6.45) is 6.07. The Morgan fingerprint density at radius 3 is 1.98 bits per heavy atom. The van der Waals surface area contributed by atoms with Gasteiger partial charge in [-0.1, -0.05) is 163 Å². The molecule has 6 aromatic carbocycles. The minimum absolute atomic E-state index is 0.808. The van der Waals surface area contributed by atoms with Crippen molar-refractivity contribution in [2.24, 2.45) is 0 Å². The van der Waals surface area contributed by atoms with E-state index in [2.05, 4.69) is 126 Å². The smallest absolute Gasteiger partial charge is 0.143 e. The van der Waals surface area contributed by atoms with Gasteiger partial charge in [0.05, 0.1) is 11.0 Å². The first-order valence-electron chi connectivity index (χ1n) is 18.1. The van der Waals surface area contributed by atoms with Crippen LogP contribution in [0.5, 0.6) is 5.75 Å². The molecule has 254 valence electrons. The van der Waals surface area contributed by atoms with Crippen LogP contribution in [0.4, 0.5) is 0 Å². The van der Waals surface area contributed by atoms with Crippen molar-refractivity contribution >= 4 is 64.6 Å². The second-order valence-electron chi connectivity index (χ2n) is 11.4. The summed E-state index contributed by atoms with van der Waals surface area (Å²) in [6.45, 7) is 16.3. The average Bonchev–Trinajstić information content (AvgIpc) is 3.75. The molecule has 3 heterocycles. The molecule has 9 rings (SSSR count). The molecule has 0 bridgehead atoms. The fourth-order valence-electron chi connectivity index (χ4n) is 6.67. The Bertz CT molecular complexity index is 2510. The van der Waals surface area contributed by atoms with Gasteiger partial charge < -0.3 is 9.30 Å². The van der Waals surface area contributed by atoms with Crippen molar-refractivity contribution in [1.29, 1.82) is 0 Å². The van der Waals surface area contributed by atoms with Crippen molar-refractivity contribution in [3.63, 3.8) is 0 Å². The van der Waals surface area contributed by atoms with E-state index in [1.165, 1.54) is 42.0 Å². The molecule has 0 saturated heterocycles. The zero-order chi connectivity index (χ0) is 35.9. The molecule has 51 heavy (non-hydrogen) atoms. The lowest BCUT2D eigenvalue weighted by Crippen LogP contribution is -2.01. The molecule has 0 unspecified atom stereocenters. The van der Waals surface area contributed by atoms with Gasteiger partial charge in [-0.05, 0) is 47.5 Å². The second kappa shape index (κ2) is 15.9. The molecule has 0 N–H and O–H groups in total. The number of ether oxygens (including phenoxy) is 1. The SMILES string of the molecule is C=C1/C=C\C=C(\c2ccccc2)Oc2c1cccc2-c1ccc(-n2c3ccccc3c3c4sc5ccccc5c4ccc32)cc1.CC.CC.CC. The third-order valence-corrected chi connectivity index (χ3v) is 10.00.